The molecular weight excluding hydrogens is 358 g/mol. The van der Waals surface area contributed by atoms with Crippen LogP contribution in [0.1, 0.15) is 31.4 Å². The summed E-state index contributed by atoms with van der Waals surface area (Å²) in [7, 11) is 0. The van der Waals surface area contributed by atoms with Crippen molar-refractivity contribution in [1.29, 1.82) is 0 Å². The van der Waals surface area contributed by atoms with E-state index in [1.807, 2.05) is 31.3 Å². The van der Waals surface area contributed by atoms with Crippen LogP contribution in [0.5, 0.6) is 5.88 Å². The zero-order chi connectivity index (χ0) is 19.3. The third-order valence-corrected chi connectivity index (χ3v) is 5.42. The number of aromatic nitrogens is 3. The fourth-order valence-electron chi connectivity index (χ4n) is 3.40. The van der Waals surface area contributed by atoms with Crippen LogP contribution in [0.4, 0.5) is 5.82 Å². The van der Waals surface area contributed by atoms with Crippen LogP contribution in [0.15, 0.2) is 28.9 Å². The molecule has 0 aliphatic heterocycles. The fourth-order valence-corrected chi connectivity index (χ4v) is 3.40. The van der Waals surface area contributed by atoms with Gasteiger partial charge in [0.05, 0.1) is 11.1 Å². The number of anilines is 1. The van der Waals surface area contributed by atoms with Gasteiger partial charge in [0.2, 0.25) is 5.91 Å². The summed E-state index contributed by atoms with van der Waals surface area (Å²) >= 11 is 0. The number of pyridine rings is 1. The molecule has 1 unspecified atom stereocenters. The second-order valence-electron chi connectivity index (χ2n) is 7.81. The van der Waals surface area contributed by atoms with Crippen molar-refractivity contribution >= 4 is 17.2 Å². The summed E-state index contributed by atoms with van der Waals surface area (Å²) in [5, 5.41) is 11.4. The van der Waals surface area contributed by atoms with Gasteiger partial charge < -0.3 is 20.3 Å². The Balaban J connectivity index is 1.39. The van der Waals surface area contributed by atoms with Gasteiger partial charge in [-0.2, -0.15) is 5.10 Å². The molecule has 3 N–H and O–H groups in total. The van der Waals surface area contributed by atoms with Crippen LogP contribution in [0.25, 0.3) is 16.6 Å². The first kappa shape index (κ1) is 17.2. The van der Waals surface area contributed by atoms with E-state index >= 15 is 0 Å². The largest absolute Gasteiger partial charge is 0.473 e. The lowest BCUT2D eigenvalue weighted by Crippen LogP contribution is -2.30. The van der Waals surface area contributed by atoms with Crippen molar-refractivity contribution in [3.05, 3.63) is 30.2 Å². The van der Waals surface area contributed by atoms with Crippen LogP contribution in [-0.2, 0) is 4.79 Å². The highest BCUT2D eigenvalue weighted by Gasteiger charge is 2.30. The van der Waals surface area contributed by atoms with Crippen molar-refractivity contribution < 1.29 is 14.1 Å². The van der Waals surface area contributed by atoms with Crippen molar-refractivity contribution in [1.82, 2.24) is 14.8 Å². The van der Waals surface area contributed by atoms with Gasteiger partial charge in [0.25, 0.3) is 5.88 Å². The van der Waals surface area contributed by atoms with Crippen molar-refractivity contribution in [2.75, 3.05) is 11.9 Å². The first-order chi connectivity index (χ1) is 13.6. The Bertz CT molecular complexity index is 1030. The molecule has 8 nitrogen and oxygen atoms in total. The summed E-state index contributed by atoms with van der Waals surface area (Å²) in [6, 6.07) is 5.79. The third-order valence-electron chi connectivity index (χ3n) is 5.42. The number of ether oxygens (including phenoxy) is 1. The Labute approximate surface area is 162 Å². The minimum atomic E-state index is 0.0276. The topological polar surface area (TPSA) is 108 Å². The molecule has 0 radical (unpaired) electrons. The Morgan fingerprint density at radius 2 is 2.21 bits per heavy atom. The number of nitrogens with zero attached hydrogens (tertiary/aromatic N) is 3. The maximum Gasteiger partial charge on any atom is 0.262 e. The van der Waals surface area contributed by atoms with Gasteiger partial charge in [-0.1, -0.05) is 0 Å². The summed E-state index contributed by atoms with van der Waals surface area (Å²) in [5.74, 6) is 2.44. The number of carbonyl (C=O) groups excluding carboxylic acids is 1. The highest BCUT2D eigenvalue weighted by atomic mass is 16.5. The van der Waals surface area contributed by atoms with E-state index in [4.69, 9.17) is 15.0 Å². The van der Waals surface area contributed by atoms with Crippen molar-refractivity contribution in [3.63, 3.8) is 0 Å². The summed E-state index contributed by atoms with van der Waals surface area (Å²) in [5.41, 5.74) is 8.73. The van der Waals surface area contributed by atoms with Gasteiger partial charge in [-0.05, 0) is 61.4 Å². The molecule has 2 fully saturated rings. The van der Waals surface area contributed by atoms with Crippen LogP contribution in [0.2, 0.25) is 0 Å². The van der Waals surface area contributed by atoms with Crippen molar-refractivity contribution in [2.45, 2.75) is 38.6 Å². The molecule has 0 bridgehead atoms. The van der Waals surface area contributed by atoms with Gasteiger partial charge in [-0.15, -0.1) is 0 Å². The van der Waals surface area contributed by atoms with Crippen LogP contribution in [0.3, 0.4) is 0 Å². The number of hydrogen-bond donors (Lipinski definition) is 2. The molecule has 8 heteroatoms. The fraction of sp³-hybridized carbons (Fsp3) is 0.450. The second kappa shape index (κ2) is 6.63. The second-order valence-corrected chi connectivity index (χ2v) is 7.81. The molecule has 146 valence electrons. The molecule has 5 rings (SSSR count). The van der Waals surface area contributed by atoms with E-state index in [0.29, 0.717) is 30.0 Å². The first-order valence-corrected chi connectivity index (χ1v) is 9.74. The Kier molecular flexibility index (Phi) is 4.08. The lowest BCUT2D eigenvalue weighted by atomic mass is 10.1. The van der Waals surface area contributed by atoms with E-state index in [9.17, 15) is 4.79 Å². The normalized spacial score (nSPS) is 17.6. The number of nitrogens with one attached hydrogen (secondary N) is 1. The van der Waals surface area contributed by atoms with Gasteiger partial charge in [0.1, 0.15) is 12.4 Å². The Morgan fingerprint density at radius 3 is 2.96 bits per heavy atom. The lowest BCUT2D eigenvalue weighted by molar-refractivity contribution is -0.117. The van der Waals surface area contributed by atoms with E-state index in [1.54, 1.807) is 4.52 Å². The smallest absolute Gasteiger partial charge is 0.262 e. The van der Waals surface area contributed by atoms with Gasteiger partial charge in [-0.25, -0.2) is 4.52 Å². The van der Waals surface area contributed by atoms with E-state index in [0.717, 1.165) is 29.5 Å². The molecule has 2 aliphatic carbocycles. The summed E-state index contributed by atoms with van der Waals surface area (Å²) in [4.78, 5) is 12.0. The molecule has 3 heterocycles. The first-order valence-electron chi connectivity index (χ1n) is 9.74. The molecule has 0 spiro atoms. The maximum atomic E-state index is 12.0. The summed E-state index contributed by atoms with van der Waals surface area (Å²) in [6.45, 7) is 2.29. The SMILES string of the molecule is Cc1onc(OCC(N)C2CC2)c1-c1ccn2nc(NC(=O)C3CC3)cc2c1. The molecule has 3 aromatic rings. The van der Waals surface area contributed by atoms with E-state index in [1.165, 1.54) is 12.8 Å². The zero-order valence-corrected chi connectivity index (χ0v) is 15.7. The minimum absolute atomic E-state index is 0.0276. The number of nitrogens with two attached hydrogens (primary N) is 1. The van der Waals surface area contributed by atoms with Gasteiger partial charge >= 0.3 is 0 Å². The predicted octanol–water partition coefficient (Wildman–Crippen LogP) is 2.76. The quantitative estimate of drug-likeness (QED) is 0.652. The highest BCUT2D eigenvalue weighted by molar-refractivity contribution is 5.93. The third kappa shape index (κ3) is 3.35. The summed E-state index contributed by atoms with van der Waals surface area (Å²) in [6.07, 6.45) is 6.12. The summed E-state index contributed by atoms with van der Waals surface area (Å²) < 4.78 is 13.0. The Hall–Kier alpha value is -2.87. The Morgan fingerprint density at radius 1 is 1.39 bits per heavy atom. The number of amides is 1. The van der Waals surface area contributed by atoms with Gasteiger partial charge in [-0.3, -0.25) is 4.79 Å². The number of fused-ring (bicyclic) bond motifs is 1. The average Bonchev–Trinajstić information content (AvgIpc) is 3.59. The molecule has 0 saturated heterocycles. The number of rotatable bonds is 7. The van der Waals surface area contributed by atoms with Crippen LogP contribution in [-0.4, -0.2) is 33.3 Å². The monoisotopic (exact) mass is 381 g/mol. The van der Waals surface area contributed by atoms with Gasteiger partial charge in [0.15, 0.2) is 5.82 Å². The molecule has 2 saturated carbocycles. The van der Waals surface area contributed by atoms with E-state index < -0.39 is 0 Å². The molecular formula is C20H23N5O3. The minimum Gasteiger partial charge on any atom is -0.473 e. The van der Waals surface area contributed by atoms with Crippen LogP contribution >= 0.6 is 0 Å². The molecule has 0 aromatic carbocycles. The van der Waals surface area contributed by atoms with E-state index in [2.05, 4.69) is 15.6 Å². The lowest BCUT2D eigenvalue weighted by Gasteiger charge is -2.11. The van der Waals surface area contributed by atoms with Crippen LogP contribution in [0, 0.1) is 18.8 Å². The average molecular weight is 381 g/mol. The maximum absolute atomic E-state index is 12.0. The number of aryl methyl sites for hydroxylation is 1. The standard InChI is InChI=1S/C20H23N5O3/c1-11-18(20(24-28-11)27-10-16(21)12-2-3-12)14-6-7-25-15(8-14)9-17(23-25)22-19(26)13-4-5-13/h6-9,12-13,16H,2-5,10,21H2,1H3,(H,22,23,26). The number of hydrogen-bond acceptors (Lipinski definition) is 6. The molecule has 28 heavy (non-hydrogen) atoms. The molecule has 3 aromatic heterocycles. The zero-order valence-electron chi connectivity index (χ0n) is 15.7. The van der Waals surface area contributed by atoms with E-state index in [-0.39, 0.29) is 17.9 Å². The molecule has 1 amide bonds. The van der Waals surface area contributed by atoms with Gasteiger partial charge in [0, 0.05) is 24.2 Å². The van der Waals surface area contributed by atoms with Crippen LogP contribution < -0.4 is 15.8 Å². The van der Waals surface area contributed by atoms with Crippen molar-refractivity contribution in [2.24, 2.45) is 17.6 Å². The number of carbonyl (C=O) groups is 1. The predicted molar refractivity (Wildman–Crippen MR) is 103 cm³/mol. The molecule has 1 atom stereocenters. The highest BCUT2D eigenvalue weighted by Crippen LogP contribution is 2.35. The van der Waals surface area contributed by atoms with Crippen molar-refractivity contribution in [3.8, 4) is 17.0 Å². The molecule has 2 aliphatic rings.